The summed E-state index contributed by atoms with van der Waals surface area (Å²) in [6.07, 6.45) is 3.40. The van der Waals surface area contributed by atoms with Crippen molar-refractivity contribution in [2.24, 2.45) is 0 Å². The molecular formula is C12H22N4O. The maximum absolute atomic E-state index is 5.58. The number of ether oxygens (including phenoxy) is 1. The molecule has 5 nitrogen and oxygen atoms in total. The van der Waals surface area contributed by atoms with E-state index in [4.69, 9.17) is 4.74 Å². The number of hydrogen-bond acceptors (Lipinski definition) is 5. The van der Waals surface area contributed by atoms with Gasteiger partial charge in [-0.15, -0.1) is 0 Å². The number of rotatable bonds is 8. The minimum absolute atomic E-state index is 0.602. The van der Waals surface area contributed by atoms with Gasteiger partial charge in [-0.2, -0.15) is 0 Å². The molecule has 0 aromatic carbocycles. The molecule has 0 bridgehead atoms. The van der Waals surface area contributed by atoms with Crippen molar-refractivity contribution in [1.82, 2.24) is 20.2 Å². The molecule has 96 valence electrons. The Morgan fingerprint density at radius 1 is 1.29 bits per heavy atom. The monoisotopic (exact) mass is 238 g/mol. The van der Waals surface area contributed by atoms with Gasteiger partial charge in [0.05, 0.1) is 11.9 Å². The molecule has 0 aliphatic carbocycles. The highest BCUT2D eigenvalue weighted by molar-refractivity contribution is 5.08. The van der Waals surface area contributed by atoms with Gasteiger partial charge in [-0.1, -0.05) is 13.8 Å². The largest absolute Gasteiger partial charge is 0.475 e. The van der Waals surface area contributed by atoms with Crippen molar-refractivity contribution in [2.45, 2.75) is 20.4 Å². The molecule has 0 amide bonds. The van der Waals surface area contributed by atoms with Gasteiger partial charge in [-0.05, 0) is 20.1 Å². The van der Waals surface area contributed by atoms with Crippen molar-refractivity contribution < 1.29 is 4.74 Å². The first-order valence-electron chi connectivity index (χ1n) is 6.10. The van der Waals surface area contributed by atoms with Crippen LogP contribution in [0.3, 0.4) is 0 Å². The highest BCUT2D eigenvalue weighted by Crippen LogP contribution is 2.04. The van der Waals surface area contributed by atoms with Crippen LogP contribution in [-0.2, 0) is 6.54 Å². The summed E-state index contributed by atoms with van der Waals surface area (Å²) in [4.78, 5) is 10.8. The van der Waals surface area contributed by atoms with Gasteiger partial charge < -0.3 is 15.0 Å². The number of likely N-dealkylation sites (N-methyl/N-ethyl adjacent to an activating group) is 1. The van der Waals surface area contributed by atoms with E-state index in [0.29, 0.717) is 19.0 Å². The lowest BCUT2D eigenvalue weighted by Gasteiger charge is -2.17. The summed E-state index contributed by atoms with van der Waals surface area (Å²) < 4.78 is 5.58. The Bertz CT molecular complexity index is 315. The second kappa shape index (κ2) is 7.97. The van der Waals surface area contributed by atoms with Gasteiger partial charge in [0.2, 0.25) is 5.88 Å². The number of nitrogens with one attached hydrogen (secondary N) is 1. The number of aromatic nitrogens is 2. The minimum atomic E-state index is 0.602. The summed E-state index contributed by atoms with van der Waals surface area (Å²) in [5.41, 5.74) is 0.896. The summed E-state index contributed by atoms with van der Waals surface area (Å²) in [6, 6.07) is 0. The Kier molecular flexibility index (Phi) is 6.50. The van der Waals surface area contributed by atoms with Crippen molar-refractivity contribution in [3.8, 4) is 5.88 Å². The van der Waals surface area contributed by atoms with Gasteiger partial charge in [-0.25, -0.2) is 4.98 Å². The fourth-order valence-electron chi connectivity index (χ4n) is 1.54. The van der Waals surface area contributed by atoms with Gasteiger partial charge in [0.1, 0.15) is 6.61 Å². The van der Waals surface area contributed by atoms with Crippen LogP contribution in [0.15, 0.2) is 12.4 Å². The molecule has 0 fully saturated rings. The summed E-state index contributed by atoms with van der Waals surface area (Å²) in [5.74, 6) is 0.602. The predicted octanol–water partition coefficient (Wildman–Crippen LogP) is 0.917. The second-order valence-electron chi connectivity index (χ2n) is 3.75. The van der Waals surface area contributed by atoms with Crippen molar-refractivity contribution >= 4 is 0 Å². The molecule has 0 atom stereocenters. The molecule has 0 aliphatic rings. The maximum atomic E-state index is 5.58. The molecule has 0 unspecified atom stereocenters. The van der Waals surface area contributed by atoms with Crippen molar-refractivity contribution in [2.75, 3.05) is 33.3 Å². The van der Waals surface area contributed by atoms with Gasteiger partial charge in [-0.3, -0.25) is 4.98 Å². The molecule has 1 heterocycles. The Morgan fingerprint density at radius 2 is 2.06 bits per heavy atom. The maximum Gasteiger partial charge on any atom is 0.232 e. The lowest BCUT2D eigenvalue weighted by Crippen LogP contribution is -2.28. The van der Waals surface area contributed by atoms with E-state index in [1.807, 2.05) is 7.05 Å². The van der Waals surface area contributed by atoms with E-state index < -0.39 is 0 Å². The van der Waals surface area contributed by atoms with E-state index in [2.05, 4.69) is 34.0 Å². The minimum Gasteiger partial charge on any atom is -0.475 e. The van der Waals surface area contributed by atoms with Gasteiger partial charge >= 0.3 is 0 Å². The summed E-state index contributed by atoms with van der Waals surface area (Å²) >= 11 is 0. The van der Waals surface area contributed by atoms with Gasteiger partial charge in [0, 0.05) is 19.3 Å². The van der Waals surface area contributed by atoms with Crippen LogP contribution in [-0.4, -0.2) is 48.2 Å². The van der Waals surface area contributed by atoms with Crippen LogP contribution in [0.1, 0.15) is 19.5 Å². The van der Waals surface area contributed by atoms with Gasteiger partial charge in [0.25, 0.3) is 0 Å². The molecule has 0 aliphatic heterocycles. The average Bonchev–Trinajstić information content (AvgIpc) is 2.36. The zero-order valence-corrected chi connectivity index (χ0v) is 10.9. The van der Waals surface area contributed by atoms with E-state index >= 15 is 0 Å². The lowest BCUT2D eigenvalue weighted by molar-refractivity contribution is 0.217. The fourth-order valence-corrected chi connectivity index (χ4v) is 1.54. The third-order valence-corrected chi connectivity index (χ3v) is 2.57. The van der Waals surface area contributed by atoms with Crippen LogP contribution in [0, 0.1) is 0 Å². The van der Waals surface area contributed by atoms with Crippen LogP contribution in [0.25, 0.3) is 0 Å². The summed E-state index contributed by atoms with van der Waals surface area (Å²) in [7, 11) is 1.88. The smallest absolute Gasteiger partial charge is 0.232 e. The molecule has 0 radical (unpaired) electrons. The van der Waals surface area contributed by atoms with E-state index in [-0.39, 0.29) is 0 Å². The van der Waals surface area contributed by atoms with Crippen LogP contribution in [0.2, 0.25) is 0 Å². The van der Waals surface area contributed by atoms with Crippen molar-refractivity contribution in [3.05, 3.63) is 18.1 Å². The number of hydrogen-bond donors (Lipinski definition) is 1. The second-order valence-corrected chi connectivity index (χ2v) is 3.75. The molecule has 0 saturated heterocycles. The van der Waals surface area contributed by atoms with E-state index in [9.17, 15) is 0 Å². The summed E-state index contributed by atoms with van der Waals surface area (Å²) in [6.45, 7) is 8.68. The first-order valence-corrected chi connectivity index (χ1v) is 6.10. The topological polar surface area (TPSA) is 50.3 Å². The average molecular weight is 238 g/mol. The third-order valence-electron chi connectivity index (χ3n) is 2.57. The first kappa shape index (κ1) is 13.9. The van der Waals surface area contributed by atoms with E-state index in [0.717, 1.165) is 25.3 Å². The molecular weight excluding hydrogens is 216 g/mol. The zero-order valence-electron chi connectivity index (χ0n) is 10.9. The number of nitrogens with zero attached hydrogens (tertiary/aromatic N) is 3. The lowest BCUT2D eigenvalue weighted by atomic mass is 10.4. The molecule has 5 heteroatoms. The van der Waals surface area contributed by atoms with Crippen LogP contribution in [0.5, 0.6) is 5.88 Å². The fraction of sp³-hybridized carbons (Fsp3) is 0.667. The van der Waals surface area contributed by atoms with Gasteiger partial charge in [0.15, 0.2) is 0 Å². The Morgan fingerprint density at radius 3 is 2.71 bits per heavy atom. The zero-order chi connectivity index (χ0) is 12.5. The normalized spacial score (nSPS) is 10.8. The van der Waals surface area contributed by atoms with E-state index in [1.165, 1.54) is 0 Å². The third kappa shape index (κ3) is 5.10. The molecule has 17 heavy (non-hydrogen) atoms. The van der Waals surface area contributed by atoms with Crippen LogP contribution < -0.4 is 10.1 Å². The Balaban J connectivity index is 2.38. The standard InChI is InChI=1S/C12H22N4O/c1-4-16(5-2)6-7-17-12-10-14-9-11(15-12)8-13-3/h9-10,13H,4-8H2,1-3H3. The molecule has 1 aromatic heterocycles. The van der Waals surface area contributed by atoms with Crippen molar-refractivity contribution in [3.63, 3.8) is 0 Å². The molecule has 1 aromatic rings. The quantitative estimate of drug-likeness (QED) is 0.729. The summed E-state index contributed by atoms with van der Waals surface area (Å²) in [5, 5.41) is 3.04. The molecule has 0 saturated carbocycles. The van der Waals surface area contributed by atoms with Crippen LogP contribution >= 0.6 is 0 Å². The SMILES string of the molecule is CCN(CC)CCOc1cncc(CNC)n1. The van der Waals surface area contributed by atoms with Crippen LogP contribution in [0.4, 0.5) is 0 Å². The first-order chi connectivity index (χ1) is 8.30. The Hall–Kier alpha value is -1.20. The molecule has 1 rings (SSSR count). The molecule has 1 N–H and O–H groups in total. The van der Waals surface area contributed by atoms with Crippen molar-refractivity contribution in [1.29, 1.82) is 0 Å². The Labute approximate surface area is 103 Å². The molecule has 0 spiro atoms. The highest BCUT2D eigenvalue weighted by atomic mass is 16.5. The highest BCUT2D eigenvalue weighted by Gasteiger charge is 2.01. The van der Waals surface area contributed by atoms with E-state index in [1.54, 1.807) is 12.4 Å². The predicted molar refractivity (Wildman–Crippen MR) is 68.1 cm³/mol.